The monoisotopic (exact) mass is 347 g/mol. The second kappa shape index (κ2) is 10.3. The molecule has 1 heterocycles. The fourth-order valence-corrected chi connectivity index (χ4v) is 3.18. The number of benzene rings is 1. The first-order valence-electron chi connectivity index (χ1n) is 9.78. The lowest BCUT2D eigenvalue weighted by atomic mass is 9.94. The highest BCUT2D eigenvalue weighted by Gasteiger charge is 2.34. The molecule has 0 bridgehead atoms. The zero-order valence-electron chi connectivity index (χ0n) is 15.8. The van der Waals surface area contributed by atoms with Gasteiger partial charge >= 0.3 is 6.09 Å². The molecule has 1 amide bonds. The van der Waals surface area contributed by atoms with Crippen LogP contribution in [-0.2, 0) is 11.2 Å². The van der Waals surface area contributed by atoms with E-state index in [2.05, 4.69) is 18.3 Å². The van der Waals surface area contributed by atoms with Gasteiger partial charge in [0, 0.05) is 0 Å². The van der Waals surface area contributed by atoms with Gasteiger partial charge < -0.3 is 14.8 Å². The third-order valence-corrected chi connectivity index (χ3v) is 4.85. The molecule has 1 atom stereocenters. The van der Waals surface area contributed by atoms with Crippen LogP contribution >= 0.6 is 0 Å². The molecule has 2 rings (SSSR count). The van der Waals surface area contributed by atoms with Crippen LogP contribution in [0.25, 0.3) is 0 Å². The molecule has 1 aliphatic rings. The summed E-state index contributed by atoms with van der Waals surface area (Å²) in [7, 11) is 0. The number of cyclic esters (lactones) is 1. The molecule has 1 aromatic rings. The fourth-order valence-electron chi connectivity index (χ4n) is 3.18. The standard InChI is InChI=1S/C21H33NO3/c1-3-4-5-6-7-8-11-16-24-19-13-10-9-12-18(19)14-15-21(2)17-25-20(23)22-21/h9-10,12-13H,3-8,11,14-17H2,1-2H3,(H,22,23). The Balaban J connectivity index is 1.70. The van der Waals surface area contributed by atoms with Crippen molar-refractivity contribution in [1.29, 1.82) is 0 Å². The molecule has 0 saturated carbocycles. The Hall–Kier alpha value is -1.71. The Morgan fingerprint density at radius 3 is 2.56 bits per heavy atom. The molecule has 1 N–H and O–H groups in total. The summed E-state index contributed by atoms with van der Waals surface area (Å²) in [6.07, 6.45) is 10.4. The number of carbonyl (C=O) groups excluding carboxylic acids is 1. The van der Waals surface area contributed by atoms with Crippen LogP contribution in [0.15, 0.2) is 24.3 Å². The molecule has 1 aromatic carbocycles. The molecule has 0 spiro atoms. The summed E-state index contributed by atoms with van der Waals surface area (Å²) >= 11 is 0. The molecular weight excluding hydrogens is 314 g/mol. The van der Waals surface area contributed by atoms with E-state index >= 15 is 0 Å². The Kier molecular flexibility index (Phi) is 8.10. The van der Waals surface area contributed by atoms with E-state index < -0.39 is 0 Å². The van der Waals surface area contributed by atoms with Crippen molar-refractivity contribution in [3.05, 3.63) is 29.8 Å². The molecule has 0 radical (unpaired) electrons. The predicted octanol–water partition coefficient (Wildman–Crippen LogP) is 5.25. The lowest BCUT2D eigenvalue weighted by molar-refractivity contribution is 0.172. The zero-order valence-corrected chi connectivity index (χ0v) is 15.8. The maximum atomic E-state index is 11.3. The molecular formula is C21H33NO3. The number of carbonyl (C=O) groups is 1. The summed E-state index contributed by atoms with van der Waals surface area (Å²) in [6, 6.07) is 8.22. The first-order chi connectivity index (χ1) is 12.1. The van der Waals surface area contributed by atoms with Crippen LogP contribution in [0.1, 0.15) is 70.8 Å². The van der Waals surface area contributed by atoms with Crippen LogP contribution in [0.3, 0.4) is 0 Å². The third-order valence-electron chi connectivity index (χ3n) is 4.85. The van der Waals surface area contributed by atoms with Crippen LogP contribution in [-0.4, -0.2) is 24.8 Å². The molecule has 4 heteroatoms. The molecule has 140 valence electrons. The molecule has 1 fully saturated rings. The average molecular weight is 347 g/mol. The highest BCUT2D eigenvalue weighted by atomic mass is 16.6. The summed E-state index contributed by atoms with van der Waals surface area (Å²) in [5.41, 5.74) is 0.927. The van der Waals surface area contributed by atoms with Gasteiger partial charge in [0.05, 0.1) is 12.1 Å². The second-order valence-corrected chi connectivity index (χ2v) is 7.34. The summed E-state index contributed by atoms with van der Waals surface area (Å²) < 4.78 is 11.0. The van der Waals surface area contributed by atoms with E-state index in [9.17, 15) is 4.79 Å². The molecule has 25 heavy (non-hydrogen) atoms. The van der Waals surface area contributed by atoms with E-state index in [0.29, 0.717) is 6.61 Å². The minimum Gasteiger partial charge on any atom is -0.493 e. The number of rotatable bonds is 12. The number of amides is 1. The topological polar surface area (TPSA) is 47.6 Å². The van der Waals surface area contributed by atoms with Gasteiger partial charge in [0.2, 0.25) is 0 Å². The second-order valence-electron chi connectivity index (χ2n) is 7.34. The lowest BCUT2D eigenvalue weighted by Gasteiger charge is -2.21. The lowest BCUT2D eigenvalue weighted by Crippen LogP contribution is -2.40. The maximum Gasteiger partial charge on any atom is 0.407 e. The summed E-state index contributed by atoms with van der Waals surface area (Å²) in [5.74, 6) is 0.974. The number of hydrogen-bond acceptors (Lipinski definition) is 3. The SMILES string of the molecule is CCCCCCCCCOc1ccccc1CCC1(C)COC(=O)N1. The Morgan fingerprint density at radius 1 is 1.12 bits per heavy atom. The molecule has 1 unspecified atom stereocenters. The summed E-state index contributed by atoms with van der Waals surface area (Å²) in [5, 5.41) is 2.90. The summed E-state index contributed by atoms with van der Waals surface area (Å²) in [6.45, 7) is 5.49. The van der Waals surface area contributed by atoms with E-state index in [1.54, 1.807) is 0 Å². The quantitative estimate of drug-likeness (QED) is 0.526. The van der Waals surface area contributed by atoms with Crippen molar-refractivity contribution < 1.29 is 14.3 Å². The normalized spacial score (nSPS) is 19.5. The number of nitrogens with one attached hydrogen (secondary N) is 1. The third kappa shape index (κ3) is 6.97. The summed E-state index contributed by atoms with van der Waals surface area (Å²) in [4.78, 5) is 11.3. The Labute approximate surface area is 152 Å². The van der Waals surface area contributed by atoms with Crippen LogP contribution in [0.2, 0.25) is 0 Å². The number of unbranched alkanes of at least 4 members (excludes halogenated alkanes) is 6. The largest absolute Gasteiger partial charge is 0.493 e. The van der Waals surface area contributed by atoms with Gasteiger partial charge in [0.15, 0.2) is 0 Å². The molecule has 1 aliphatic heterocycles. The highest BCUT2D eigenvalue weighted by molar-refractivity contribution is 5.70. The van der Waals surface area contributed by atoms with Gasteiger partial charge in [-0.05, 0) is 37.8 Å². The number of alkyl carbamates (subject to hydrolysis) is 1. The minimum absolute atomic E-state index is 0.275. The van der Waals surface area contributed by atoms with Crippen LogP contribution in [0.5, 0.6) is 5.75 Å². The van der Waals surface area contributed by atoms with E-state index in [0.717, 1.165) is 31.6 Å². The van der Waals surface area contributed by atoms with Crippen LogP contribution < -0.4 is 10.1 Å². The van der Waals surface area contributed by atoms with E-state index in [1.807, 2.05) is 25.1 Å². The van der Waals surface area contributed by atoms with Gasteiger partial charge in [0.25, 0.3) is 0 Å². The highest BCUT2D eigenvalue weighted by Crippen LogP contribution is 2.25. The number of hydrogen-bond donors (Lipinski definition) is 1. The Bertz CT molecular complexity index is 532. The van der Waals surface area contributed by atoms with Crippen molar-refractivity contribution in [2.24, 2.45) is 0 Å². The van der Waals surface area contributed by atoms with E-state index in [-0.39, 0.29) is 11.6 Å². The molecule has 1 saturated heterocycles. The van der Waals surface area contributed by atoms with Crippen molar-refractivity contribution >= 4 is 6.09 Å². The van der Waals surface area contributed by atoms with Gasteiger partial charge in [0.1, 0.15) is 12.4 Å². The number of para-hydroxylation sites is 1. The van der Waals surface area contributed by atoms with Crippen molar-refractivity contribution in [2.45, 2.75) is 77.2 Å². The van der Waals surface area contributed by atoms with E-state index in [1.165, 1.54) is 44.1 Å². The number of ether oxygens (including phenoxy) is 2. The maximum absolute atomic E-state index is 11.3. The van der Waals surface area contributed by atoms with Gasteiger partial charge in [-0.2, -0.15) is 0 Å². The first kappa shape index (κ1) is 19.6. The van der Waals surface area contributed by atoms with Crippen molar-refractivity contribution in [3.8, 4) is 5.75 Å². The Morgan fingerprint density at radius 2 is 1.84 bits per heavy atom. The molecule has 4 nitrogen and oxygen atoms in total. The van der Waals surface area contributed by atoms with Gasteiger partial charge in [-0.25, -0.2) is 4.79 Å². The van der Waals surface area contributed by atoms with Crippen LogP contribution in [0, 0.1) is 0 Å². The minimum atomic E-state index is -0.314. The smallest absolute Gasteiger partial charge is 0.407 e. The molecule has 0 aliphatic carbocycles. The van der Waals surface area contributed by atoms with Gasteiger partial charge in [-0.3, -0.25) is 0 Å². The molecule has 0 aromatic heterocycles. The van der Waals surface area contributed by atoms with Crippen LogP contribution in [0.4, 0.5) is 4.79 Å². The fraction of sp³-hybridized carbons (Fsp3) is 0.667. The first-order valence-corrected chi connectivity index (χ1v) is 9.78. The van der Waals surface area contributed by atoms with Crippen molar-refractivity contribution in [2.75, 3.05) is 13.2 Å². The number of aryl methyl sites for hydroxylation is 1. The van der Waals surface area contributed by atoms with Crippen molar-refractivity contribution in [1.82, 2.24) is 5.32 Å². The van der Waals surface area contributed by atoms with Gasteiger partial charge in [-0.15, -0.1) is 0 Å². The van der Waals surface area contributed by atoms with E-state index in [4.69, 9.17) is 9.47 Å². The van der Waals surface area contributed by atoms with Gasteiger partial charge in [-0.1, -0.05) is 63.6 Å². The average Bonchev–Trinajstić information content (AvgIpc) is 2.96. The van der Waals surface area contributed by atoms with Crippen molar-refractivity contribution in [3.63, 3.8) is 0 Å². The zero-order chi connectivity index (χ0) is 18.0. The predicted molar refractivity (Wildman–Crippen MR) is 101 cm³/mol.